The third kappa shape index (κ3) is 4.96. The lowest BCUT2D eigenvalue weighted by Gasteiger charge is -2.19. The van der Waals surface area contributed by atoms with E-state index in [9.17, 15) is 13.2 Å². The Morgan fingerprint density at radius 3 is 2.30 bits per heavy atom. The van der Waals surface area contributed by atoms with E-state index in [-0.39, 0.29) is 16.7 Å². The van der Waals surface area contributed by atoms with E-state index in [4.69, 9.17) is 0 Å². The van der Waals surface area contributed by atoms with Crippen LogP contribution in [0.1, 0.15) is 48.2 Å². The lowest BCUT2D eigenvalue weighted by Crippen LogP contribution is -2.31. The van der Waals surface area contributed by atoms with Gasteiger partial charge in [0.25, 0.3) is 5.91 Å². The number of aryl methyl sites for hydroxylation is 1. The summed E-state index contributed by atoms with van der Waals surface area (Å²) in [6, 6.07) is 14.7. The van der Waals surface area contributed by atoms with Crippen LogP contribution in [0, 0.1) is 6.92 Å². The molecule has 0 saturated heterocycles. The first-order chi connectivity index (χ1) is 12.8. The van der Waals surface area contributed by atoms with Crippen molar-refractivity contribution in [2.75, 3.05) is 19.6 Å². The van der Waals surface area contributed by atoms with E-state index in [0.29, 0.717) is 25.2 Å². The Kier molecular flexibility index (Phi) is 7.16. The number of benzene rings is 2. The second kappa shape index (κ2) is 9.15. The summed E-state index contributed by atoms with van der Waals surface area (Å²) in [5.74, 6) is -0.0927. The van der Waals surface area contributed by atoms with Gasteiger partial charge in [0, 0.05) is 25.2 Å². The highest BCUT2D eigenvalue weighted by Crippen LogP contribution is 2.20. The van der Waals surface area contributed by atoms with Gasteiger partial charge in [0.1, 0.15) is 0 Å². The molecule has 0 radical (unpaired) electrons. The van der Waals surface area contributed by atoms with Gasteiger partial charge >= 0.3 is 0 Å². The van der Waals surface area contributed by atoms with Gasteiger partial charge in [-0.25, -0.2) is 8.42 Å². The molecule has 0 heterocycles. The fourth-order valence-electron chi connectivity index (χ4n) is 2.96. The van der Waals surface area contributed by atoms with E-state index < -0.39 is 10.0 Å². The Morgan fingerprint density at radius 1 is 1.07 bits per heavy atom. The van der Waals surface area contributed by atoms with Crippen LogP contribution in [0.3, 0.4) is 0 Å². The maximum Gasteiger partial charge on any atom is 0.251 e. The van der Waals surface area contributed by atoms with Crippen molar-refractivity contribution >= 4 is 15.9 Å². The fourth-order valence-corrected chi connectivity index (χ4v) is 4.44. The predicted molar refractivity (Wildman–Crippen MR) is 108 cm³/mol. The standard InChI is InChI=1S/C21H28N2O3S/c1-5-23(6-2)27(25,26)19-13-12-16(3)20(14-19)21(24)22-15-17(4)18-10-8-7-9-11-18/h7-14,17H,5-6,15H2,1-4H3,(H,22,24)/t17-/m1/s1. The Labute approximate surface area is 162 Å². The Bertz CT molecular complexity index is 876. The SMILES string of the molecule is CCN(CC)S(=O)(=O)c1ccc(C)c(C(=O)NC[C@@H](C)c2ccccc2)c1. The number of sulfonamides is 1. The number of nitrogens with one attached hydrogen (secondary N) is 1. The fraction of sp³-hybridized carbons (Fsp3) is 0.381. The van der Waals surface area contributed by atoms with Crippen molar-refractivity contribution in [2.24, 2.45) is 0 Å². The number of carbonyl (C=O) groups is 1. The lowest BCUT2D eigenvalue weighted by atomic mass is 10.0. The molecule has 1 atom stereocenters. The zero-order valence-electron chi connectivity index (χ0n) is 16.4. The Balaban J connectivity index is 2.19. The first-order valence-corrected chi connectivity index (χ1v) is 10.7. The second-order valence-electron chi connectivity index (χ2n) is 6.59. The van der Waals surface area contributed by atoms with E-state index >= 15 is 0 Å². The molecule has 0 saturated carbocycles. The van der Waals surface area contributed by atoms with Gasteiger partial charge in [0.15, 0.2) is 0 Å². The van der Waals surface area contributed by atoms with Crippen LogP contribution in [0.5, 0.6) is 0 Å². The van der Waals surface area contributed by atoms with Crippen LogP contribution in [-0.2, 0) is 10.0 Å². The third-order valence-corrected chi connectivity index (χ3v) is 6.78. The number of rotatable bonds is 8. The molecular formula is C21H28N2O3S. The highest BCUT2D eigenvalue weighted by atomic mass is 32.2. The van der Waals surface area contributed by atoms with Gasteiger partial charge in [-0.3, -0.25) is 4.79 Å². The summed E-state index contributed by atoms with van der Waals surface area (Å²) in [6.07, 6.45) is 0. The maximum atomic E-state index is 12.7. The average molecular weight is 389 g/mol. The molecule has 0 unspecified atom stereocenters. The van der Waals surface area contributed by atoms with E-state index in [2.05, 4.69) is 5.32 Å². The van der Waals surface area contributed by atoms with Gasteiger partial charge in [-0.15, -0.1) is 0 Å². The number of amides is 1. The highest BCUT2D eigenvalue weighted by molar-refractivity contribution is 7.89. The van der Waals surface area contributed by atoms with E-state index in [1.165, 1.54) is 10.4 Å². The molecule has 0 aliphatic heterocycles. The van der Waals surface area contributed by atoms with Crippen molar-refractivity contribution in [2.45, 2.75) is 38.5 Å². The minimum atomic E-state index is -3.59. The summed E-state index contributed by atoms with van der Waals surface area (Å²) in [4.78, 5) is 12.8. The molecule has 0 spiro atoms. The third-order valence-electron chi connectivity index (χ3n) is 4.73. The predicted octanol–water partition coefficient (Wildman–Crippen LogP) is 3.56. The summed E-state index contributed by atoms with van der Waals surface area (Å²) >= 11 is 0. The van der Waals surface area contributed by atoms with Crippen LogP contribution < -0.4 is 5.32 Å². The highest BCUT2D eigenvalue weighted by Gasteiger charge is 2.23. The average Bonchev–Trinajstić information content (AvgIpc) is 2.67. The number of hydrogen-bond acceptors (Lipinski definition) is 3. The van der Waals surface area contributed by atoms with Gasteiger partial charge in [0.2, 0.25) is 10.0 Å². The first-order valence-electron chi connectivity index (χ1n) is 9.25. The molecule has 1 N–H and O–H groups in total. The summed E-state index contributed by atoms with van der Waals surface area (Å²) < 4.78 is 26.8. The van der Waals surface area contributed by atoms with Gasteiger partial charge in [-0.1, -0.05) is 57.2 Å². The van der Waals surface area contributed by atoms with Gasteiger partial charge < -0.3 is 5.32 Å². The molecule has 2 aromatic carbocycles. The summed E-state index contributed by atoms with van der Waals surface area (Å²) in [6.45, 7) is 8.72. The topological polar surface area (TPSA) is 66.5 Å². The molecule has 0 aromatic heterocycles. The molecule has 0 aliphatic rings. The minimum Gasteiger partial charge on any atom is -0.351 e. The molecular weight excluding hydrogens is 360 g/mol. The summed E-state index contributed by atoms with van der Waals surface area (Å²) in [5.41, 5.74) is 2.29. The van der Waals surface area contributed by atoms with Crippen molar-refractivity contribution in [3.63, 3.8) is 0 Å². The molecule has 146 valence electrons. The Hall–Kier alpha value is -2.18. The van der Waals surface area contributed by atoms with Crippen LogP contribution in [-0.4, -0.2) is 38.3 Å². The van der Waals surface area contributed by atoms with Gasteiger partial charge in [-0.05, 0) is 36.1 Å². The van der Waals surface area contributed by atoms with Crippen molar-refractivity contribution in [1.29, 1.82) is 0 Å². The molecule has 2 aromatic rings. The number of hydrogen-bond donors (Lipinski definition) is 1. The molecule has 6 heteroatoms. The zero-order chi connectivity index (χ0) is 20.0. The zero-order valence-corrected chi connectivity index (χ0v) is 17.2. The molecule has 0 aliphatic carbocycles. The molecule has 0 fully saturated rings. The number of carbonyl (C=O) groups excluding carboxylic acids is 1. The minimum absolute atomic E-state index is 0.151. The van der Waals surface area contributed by atoms with Crippen LogP contribution >= 0.6 is 0 Å². The van der Waals surface area contributed by atoms with Crippen molar-refractivity contribution in [3.05, 3.63) is 65.2 Å². The van der Waals surface area contributed by atoms with Crippen LogP contribution in [0.2, 0.25) is 0 Å². The molecule has 1 amide bonds. The van der Waals surface area contributed by atoms with Crippen molar-refractivity contribution in [1.82, 2.24) is 9.62 Å². The molecule has 27 heavy (non-hydrogen) atoms. The van der Waals surface area contributed by atoms with E-state index in [1.54, 1.807) is 26.0 Å². The quantitative estimate of drug-likeness (QED) is 0.752. The van der Waals surface area contributed by atoms with Crippen molar-refractivity contribution in [3.8, 4) is 0 Å². The normalized spacial score (nSPS) is 12.8. The van der Waals surface area contributed by atoms with Crippen LogP contribution in [0.4, 0.5) is 0 Å². The van der Waals surface area contributed by atoms with E-state index in [0.717, 1.165) is 11.1 Å². The second-order valence-corrected chi connectivity index (χ2v) is 8.53. The van der Waals surface area contributed by atoms with Crippen molar-refractivity contribution < 1.29 is 13.2 Å². The van der Waals surface area contributed by atoms with Gasteiger partial charge in [-0.2, -0.15) is 4.31 Å². The van der Waals surface area contributed by atoms with E-state index in [1.807, 2.05) is 44.2 Å². The summed E-state index contributed by atoms with van der Waals surface area (Å²) in [5, 5.41) is 2.93. The molecule has 5 nitrogen and oxygen atoms in total. The van der Waals surface area contributed by atoms with Crippen LogP contribution in [0.15, 0.2) is 53.4 Å². The summed E-state index contributed by atoms with van der Waals surface area (Å²) in [7, 11) is -3.59. The molecule has 0 bridgehead atoms. The lowest BCUT2D eigenvalue weighted by molar-refractivity contribution is 0.0951. The monoisotopic (exact) mass is 388 g/mol. The largest absolute Gasteiger partial charge is 0.351 e. The maximum absolute atomic E-state index is 12.7. The molecule has 2 rings (SSSR count). The smallest absolute Gasteiger partial charge is 0.251 e. The van der Waals surface area contributed by atoms with Crippen LogP contribution in [0.25, 0.3) is 0 Å². The Morgan fingerprint density at radius 2 is 1.70 bits per heavy atom. The first kappa shape index (κ1) is 21.1. The number of nitrogens with zero attached hydrogens (tertiary/aromatic N) is 1. The van der Waals surface area contributed by atoms with Gasteiger partial charge in [0.05, 0.1) is 4.90 Å².